The Balaban J connectivity index is 2.25. The molecule has 120 valence electrons. The van der Waals surface area contributed by atoms with Gasteiger partial charge in [0.05, 0.1) is 12.3 Å². The first-order chi connectivity index (χ1) is 11.0. The van der Waals surface area contributed by atoms with Crippen LogP contribution in [0.3, 0.4) is 0 Å². The molecule has 1 N–H and O–H groups in total. The van der Waals surface area contributed by atoms with Gasteiger partial charge in [0.1, 0.15) is 0 Å². The minimum atomic E-state index is -4.62. The number of hydrogen-bond acceptors (Lipinski definition) is 4. The lowest BCUT2D eigenvalue weighted by Crippen LogP contribution is -2.14. The Morgan fingerprint density at radius 2 is 1.78 bits per heavy atom. The fourth-order valence-electron chi connectivity index (χ4n) is 2.30. The van der Waals surface area contributed by atoms with Crippen molar-refractivity contribution in [1.82, 2.24) is 14.8 Å². The van der Waals surface area contributed by atoms with E-state index in [4.69, 9.17) is 5.11 Å². The number of fused-ring (bicyclic) bond motifs is 1. The van der Waals surface area contributed by atoms with E-state index in [1.165, 1.54) is 0 Å². The molecule has 8 heteroatoms. The molecule has 0 aliphatic rings. The van der Waals surface area contributed by atoms with Crippen LogP contribution in [0.15, 0.2) is 47.6 Å². The largest absolute Gasteiger partial charge is 0.452 e. The maximum Gasteiger partial charge on any atom is 0.452 e. The molecule has 0 unspecified atom stereocenters. The first kappa shape index (κ1) is 15.8. The minimum absolute atomic E-state index is 0.0997. The smallest absolute Gasteiger partial charge is 0.396 e. The van der Waals surface area contributed by atoms with Gasteiger partial charge < -0.3 is 5.11 Å². The highest BCUT2D eigenvalue weighted by atomic mass is 32.2. The molecule has 0 aliphatic carbocycles. The molecule has 0 fully saturated rings. The van der Waals surface area contributed by atoms with Gasteiger partial charge in [-0.15, -0.1) is 10.2 Å². The van der Waals surface area contributed by atoms with Crippen molar-refractivity contribution in [3.05, 3.63) is 48.3 Å². The first-order valence-corrected chi connectivity index (χ1v) is 7.75. The molecule has 0 atom stereocenters. The van der Waals surface area contributed by atoms with Crippen molar-refractivity contribution in [2.45, 2.75) is 11.3 Å². The van der Waals surface area contributed by atoms with E-state index in [0.717, 1.165) is 21.7 Å². The number of alkyl halides is 3. The molecule has 0 amide bonds. The third kappa shape index (κ3) is 3.04. The van der Waals surface area contributed by atoms with Crippen LogP contribution < -0.4 is 0 Å². The van der Waals surface area contributed by atoms with Crippen LogP contribution in [-0.4, -0.2) is 32.2 Å². The topological polar surface area (TPSA) is 50.9 Å². The monoisotopic (exact) mass is 339 g/mol. The summed E-state index contributed by atoms with van der Waals surface area (Å²) in [5.41, 5.74) is 0.362. The van der Waals surface area contributed by atoms with Crippen LogP contribution in [0.5, 0.6) is 0 Å². The summed E-state index contributed by atoms with van der Waals surface area (Å²) in [5.74, 6) is -0.838. The van der Waals surface area contributed by atoms with Crippen LogP contribution in [-0.2, 0) is 6.18 Å². The molecule has 0 saturated heterocycles. The third-order valence-electron chi connectivity index (χ3n) is 3.22. The van der Waals surface area contributed by atoms with Gasteiger partial charge in [0, 0.05) is 11.1 Å². The Morgan fingerprint density at radius 3 is 2.52 bits per heavy atom. The van der Waals surface area contributed by atoms with E-state index in [0.29, 0.717) is 11.1 Å². The Kier molecular flexibility index (Phi) is 4.27. The molecule has 0 radical (unpaired) electrons. The van der Waals surface area contributed by atoms with E-state index in [-0.39, 0.29) is 17.5 Å². The number of thioether (sulfide) groups is 1. The second kappa shape index (κ2) is 6.21. The summed E-state index contributed by atoms with van der Waals surface area (Å²) in [7, 11) is 0. The number of aliphatic hydroxyl groups excluding tert-OH is 1. The van der Waals surface area contributed by atoms with E-state index in [2.05, 4.69) is 10.2 Å². The summed E-state index contributed by atoms with van der Waals surface area (Å²) in [4.78, 5) is 0. The second-order valence-corrected chi connectivity index (χ2v) is 5.77. The number of halogens is 3. The predicted octanol–water partition coefficient (Wildman–Crippen LogP) is 3.52. The molecule has 0 bridgehead atoms. The number of aromatic nitrogens is 3. The van der Waals surface area contributed by atoms with Crippen molar-refractivity contribution in [2.24, 2.45) is 0 Å². The molecule has 4 nitrogen and oxygen atoms in total. The molecule has 2 aromatic carbocycles. The molecule has 23 heavy (non-hydrogen) atoms. The highest BCUT2D eigenvalue weighted by Gasteiger charge is 2.39. The molecule has 0 spiro atoms. The second-order valence-electron chi connectivity index (χ2n) is 4.71. The normalized spacial score (nSPS) is 12.0. The summed E-state index contributed by atoms with van der Waals surface area (Å²) in [6, 6.07) is 12.3. The van der Waals surface area contributed by atoms with Crippen molar-refractivity contribution in [3.63, 3.8) is 0 Å². The zero-order chi connectivity index (χ0) is 16.4. The van der Waals surface area contributed by atoms with Crippen LogP contribution in [0.1, 0.15) is 5.82 Å². The summed E-state index contributed by atoms with van der Waals surface area (Å²) < 4.78 is 40.9. The Hall–Kier alpha value is -2.06. The maximum atomic E-state index is 13.3. The molecule has 1 heterocycles. The van der Waals surface area contributed by atoms with Crippen LogP contribution in [0, 0.1) is 0 Å². The molecule has 0 saturated carbocycles. The maximum absolute atomic E-state index is 13.3. The van der Waals surface area contributed by atoms with Crippen LogP contribution >= 0.6 is 11.8 Å². The summed E-state index contributed by atoms with van der Waals surface area (Å²) in [5, 5.41) is 17.5. The fourth-order valence-corrected chi connectivity index (χ4v) is 2.99. The van der Waals surface area contributed by atoms with Gasteiger partial charge in [0.25, 0.3) is 0 Å². The van der Waals surface area contributed by atoms with Gasteiger partial charge in [0.15, 0.2) is 5.16 Å². The van der Waals surface area contributed by atoms with Gasteiger partial charge in [-0.25, -0.2) is 0 Å². The number of aliphatic hydroxyl groups is 1. The Morgan fingerprint density at radius 1 is 1.04 bits per heavy atom. The summed E-state index contributed by atoms with van der Waals surface area (Å²) in [6.07, 6.45) is -4.62. The molecular weight excluding hydrogens is 327 g/mol. The van der Waals surface area contributed by atoms with Gasteiger partial charge in [-0.1, -0.05) is 48.2 Å². The van der Waals surface area contributed by atoms with Crippen molar-refractivity contribution < 1.29 is 18.3 Å². The summed E-state index contributed by atoms with van der Waals surface area (Å²) >= 11 is 1.03. The van der Waals surface area contributed by atoms with Crippen molar-refractivity contribution in [2.75, 3.05) is 12.4 Å². The van der Waals surface area contributed by atoms with Crippen LogP contribution in [0.2, 0.25) is 0 Å². The highest BCUT2D eigenvalue weighted by molar-refractivity contribution is 7.99. The third-order valence-corrected chi connectivity index (χ3v) is 4.13. The quantitative estimate of drug-likeness (QED) is 0.739. The van der Waals surface area contributed by atoms with Gasteiger partial charge in [-0.2, -0.15) is 13.2 Å². The molecule has 3 rings (SSSR count). The minimum Gasteiger partial charge on any atom is -0.396 e. The van der Waals surface area contributed by atoms with Crippen molar-refractivity contribution >= 4 is 22.5 Å². The van der Waals surface area contributed by atoms with Crippen molar-refractivity contribution in [3.8, 4) is 5.69 Å². The van der Waals surface area contributed by atoms with E-state index in [1.54, 1.807) is 24.3 Å². The molecule has 3 aromatic rings. The number of rotatable bonds is 4. The lowest BCUT2D eigenvalue weighted by molar-refractivity contribution is -0.146. The van der Waals surface area contributed by atoms with Gasteiger partial charge in [-0.05, 0) is 11.5 Å². The van der Waals surface area contributed by atoms with E-state index < -0.39 is 12.0 Å². The lowest BCUT2D eigenvalue weighted by atomic mass is 10.1. The average molecular weight is 339 g/mol. The lowest BCUT2D eigenvalue weighted by Gasteiger charge is -2.14. The zero-order valence-electron chi connectivity index (χ0n) is 11.8. The van der Waals surface area contributed by atoms with E-state index in [1.807, 2.05) is 18.2 Å². The Bertz CT molecular complexity index is 827. The molecule has 1 aromatic heterocycles. The summed E-state index contributed by atoms with van der Waals surface area (Å²) in [6.45, 7) is -0.158. The first-order valence-electron chi connectivity index (χ1n) is 6.77. The average Bonchev–Trinajstić information content (AvgIpc) is 2.96. The number of nitrogens with zero attached hydrogens (tertiary/aromatic N) is 3. The zero-order valence-corrected chi connectivity index (χ0v) is 12.6. The molecule has 0 aliphatic heterocycles. The van der Waals surface area contributed by atoms with Gasteiger partial charge >= 0.3 is 6.18 Å². The van der Waals surface area contributed by atoms with Crippen LogP contribution in [0.25, 0.3) is 16.5 Å². The standard InChI is InChI=1S/C15H12F3N3OS/c16-15(17,18)13-19-20-14(23-9-8-22)21(13)12-7-3-5-10-4-1-2-6-11(10)12/h1-7,22H,8-9H2. The van der Waals surface area contributed by atoms with E-state index in [9.17, 15) is 13.2 Å². The van der Waals surface area contributed by atoms with Crippen molar-refractivity contribution in [1.29, 1.82) is 0 Å². The SMILES string of the molecule is OCCSc1nnc(C(F)(F)F)n1-c1cccc2ccccc12. The highest BCUT2D eigenvalue weighted by Crippen LogP contribution is 2.35. The predicted molar refractivity (Wildman–Crippen MR) is 81.7 cm³/mol. The Labute approximate surface area is 134 Å². The van der Waals surface area contributed by atoms with Gasteiger partial charge in [0.2, 0.25) is 5.82 Å². The number of benzene rings is 2. The fraction of sp³-hybridized carbons (Fsp3) is 0.200. The molecular formula is C15H12F3N3OS. The number of hydrogen-bond donors (Lipinski definition) is 1. The van der Waals surface area contributed by atoms with E-state index >= 15 is 0 Å². The van der Waals surface area contributed by atoms with Crippen LogP contribution in [0.4, 0.5) is 13.2 Å². The van der Waals surface area contributed by atoms with Gasteiger partial charge in [-0.3, -0.25) is 4.57 Å².